The minimum Gasteiger partial charge on any atom is -0.466 e. The highest BCUT2D eigenvalue weighted by Crippen LogP contribution is 2.20. The lowest BCUT2D eigenvalue weighted by molar-refractivity contribution is -0.143. The molecule has 0 bridgehead atoms. The van der Waals surface area contributed by atoms with E-state index in [1.807, 2.05) is 0 Å². The van der Waals surface area contributed by atoms with Crippen LogP contribution in [0.2, 0.25) is 0 Å². The normalized spacial score (nSPS) is 12.6. The van der Waals surface area contributed by atoms with Crippen LogP contribution >= 0.6 is 0 Å². The van der Waals surface area contributed by atoms with Crippen molar-refractivity contribution in [1.82, 2.24) is 5.32 Å². The number of unbranched alkanes of at least 4 members (excludes halogenated alkanes) is 56. The van der Waals surface area contributed by atoms with Crippen LogP contribution in [0.25, 0.3) is 0 Å². The third kappa shape index (κ3) is 67.5. The lowest BCUT2D eigenvalue weighted by atomic mass is 10.0. The first-order valence-electron chi connectivity index (χ1n) is 37.6. The molecule has 0 heterocycles. The average Bonchev–Trinajstić information content (AvgIpc) is 3.48. The van der Waals surface area contributed by atoms with E-state index in [2.05, 4.69) is 43.5 Å². The number of hydrogen-bond donors (Lipinski definition) is 3. The van der Waals surface area contributed by atoms with Crippen LogP contribution in [0.3, 0.4) is 0 Å². The van der Waals surface area contributed by atoms with Crippen LogP contribution < -0.4 is 5.32 Å². The quantitative estimate of drug-likeness (QED) is 0.0320. The molecule has 0 saturated heterocycles. The molecule has 0 spiro atoms. The van der Waals surface area contributed by atoms with E-state index in [4.69, 9.17) is 4.74 Å². The Morgan fingerprint density at radius 3 is 0.976 bits per heavy atom. The van der Waals surface area contributed by atoms with Gasteiger partial charge in [-0.2, -0.15) is 0 Å². The summed E-state index contributed by atoms with van der Waals surface area (Å²) in [6.07, 6.45) is 91.1. The number of aliphatic hydroxyl groups excluding tert-OH is 2. The van der Waals surface area contributed by atoms with E-state index in [1.54, 1.807) is 0 Å². The number of hydrogen-bond acceptors (Lipinski definition) is 5. The predicted octanol–water partition coefficient (Wildman–Crippen LogP) is 24.5. The van der Waals surface area contributed by atoms with Crippen molar-refractivity contribution in [1.29, 1.82) is 0 Å². The summed E-state index contributed by atoms with van der Waals surface area (Å²) < 4.78 is 5.48. The molecule has 0 fully saturated rings. The second-order valence-corrected chi connectivity index (χ2v) is 26.0. The van der Waals surface area contributed by atoms with E-state index in [1.165, 1.54) is 340 Å². The van der Waals surface area contributed by atoms with Crippen LogP contribution in [0.5, 0.6) is 0 Å². The second-order valence-electron chi connectivity index (χ2n) is 26.0. The molecule has 0 saturated carbocycles. The van der Waals surface area contributed by atoms with Crippen LogP contribution in [0, 0.1) is 0 Å². The van der Waals surface area contributed by atoms with Gasteiger partial charge in [0.1, 0.15) is 0 Å². The first-order chi connectivity index (χ1) is 40.5. The lowest BCUT2D eigenvalue weighted by Crippen LogP contribution is -2.45. The van der Waals surface area contributed by atoms with Gasteiger partial charge in [-0.25, -0.2) is 0 Å². The second kappa shape index (κ2) is 71.8. The van der Waals surface area contributed by atoms with Gasteiger partial charge in [0.25, 0.3) is 0 Å². The predicted molar refractivity (Wildman–Crippen MR) is 361 cm³/mol. The van der Waals surface area contributed by atoms with E-state index in [-0.39, 0.29) is 18.5 Å². The number of aliphatic hydroxyl groups is 2. The van der Waals surface area contributed by atoms with Crippen molar-refractivity contribution >= 4 is 11.9 Å². The van der Waals surface area contributed by atoms with E-state index in [0.717, 1.165) is 51.4 Å². The van der Waals surface area contributed by atoms with Crippen molar-refractivity contribution < 1.29 is 24.5 Å². The first kappa shape index (κ1) is 80.3. The smallest absolute Gasteiger partial charge is 0.305 e. The van der Waals surface area contributed by atoms with Crippen molar-refractivity contribution in [2.24, 2.45) is 0 Å². The Morgan fingerprint density at radius 2 is 0.634 bits per heavy atom. The molecule has 0 rings (SSSR count). The molecule has 0 aromatic carbocycles. The fourth-order valence-corrected chi connectivity index (χ4v) is 12.0. The van der Waals surface area contributed by atoms with Crippen molar-refractivity contribution in [2.75, 3.05) is 13.2 Å². The third-order valence-electron chi connectivity index (χ3n) is 17.7. The summed E-state index contributed by atoms with van der Waals surface area (Å²) >= 11 is 0. The van der Waals surface area contributed by atoms with Gasteiger partial charge in [0, 0.05) is 12.8 Å². The summed E-state index contributed by atoms with van der Waals surface area (Å²) in [6.45, 7) is 4.93. The van der Waals surface area contributed by atoms with Gasteiger partial charge in [0.05, 0.1) is 25.4 Å². The maximum Gasteiger partial charge on any atom is 0.305 e. The summed E-state index contributed by atoms with van der Waals surface area (Å²) in [4.78, 5) is 24.6. The highest BCUT2D eigenvalue weighted by atomic mass is 16.5. The zero-order chi connectivity index (χ0) is 59.2. The summed E-state index contributed by atoms with van der Waals surface area (Å²) in [7, 11) is 0. The number of amides is 1. The van der Waals surface area contributed by atoms with Gasteiger partial charge in [-0.1, -0.05) is 385 Å². The molecule has 1 amide bonds. The third-order valence-corrected chi connectivity index (χ3v) is 17.7. The molecule has 6 heteroatoms. The van der Waals surface area contributed by atoms with E-state index in [9.17, 15) is 19.8 Å². The monoisotopic (exact) mass is 1150 g/mol. The Morgan fingerprint density at radius 1 is 0.341 bits per heavy atom. The molecule has 0 aliphatic carbocycles. The van der Waals surface area contributed by atoms with Gasteiger partial charge in [0.15, 0.2) is 0 Å². The molecule has 0 aromatic heterocycles. The number of rotatable bonds is 71. The van der Waals surface area contributed by atoms with E-state index >= 15 is 0 Å². The van der Waals surface area contributed by atoms with E-state index in [0.29, 0.717) is 25.9 Å². The van der Waals surface area contributed by atoms with Gasteiger partial charge in [-0.3, -0.25) is 9.59 Å². The number of ether oxygens (including phenoxy) is 1. The molecule has 2 unspecified atom stereocenters. The molecule has 0 aliphatic rings. The zero-order valence-electron chi connectivity index (χ0n) is 55.8. The van der Waals surface area contributed by atoms with Crippen LogP contribution in [-0.4, -0.2) is 47.4 Å². The molecular formula is C76H147NO5. The largest absolute Gasteiger partial charge is 0.466 e. The summed E-state index contributed by atoms with van der Waals surface area (Å²) in [5.41, 5.74) is 0. The van der Waals surface area contributed by atoms with Crippen molar-refractivity contribution in [2.45, 2.75) is 437 Å². The average molecular weight is 1160 g/mol. The minimum absolute atomic E-state index is 0.00602. The van der Waals surface area contributed by atoms with Crippen molar-refractivity contribution in [3.8, 4) is 0 Å². The number of esters is 1. The minimum atomic E-state index is -0.662. The lowest BCUT2D eigenvalue weighted by Gasteiger charge is -2.22. The Bertz CT molecular complexity index is 1280. The molecule has 82 heavy (non-hydrogen) atoms. The fourth-order valence-electron chi connectivity index (χ4n) is 12.0. The Labute approximate surface area is 513 Å². The number of allylic oxidation sites excluding steroid dienone is 4. The topological polar surface area (TPSA) is 95.9 Å². The summed E-state index contributed by atoms with van der Waals surface area (Å²) in [5, 5.41) is 23.4. The van der Waals surface area contributed by atoms with Crippen LogP contribution in [0.4, 0.5) is 0 Å². The fraction of sp³-hybridized carbons (Fsp3) is 0.921. The van der Waals surface area contributed by atoms with Crippen molar-refractivity contribution in [3.05, 3.63) is 24.3 Å². The SMILES string of the molecule is CCC/C=C\C/C=C\CCCCCCCC(=O)OCCCCCCCCCCCCCCCCCCCCCCCCCCCCCCCCCC(=O)NC(CO)C(O)CCCCCCCCCCCCCCCCCCCCCCC. The molecule has 3 N–H and O–H groups in total. The molecule has 0 radical (unpaired) electrons. The van der Waals surface area contributed by atoms with E-state index < -0.39 is 12.1 Å². The van der Waals surface area contributed by atoms with Gasteiger partial charge in [-0.15, -0.1) is 0 Å². The standard InChI is InChI=1S/C76H147NO5/c1-3-5-7-9-11-13-15-17-18-19-20-32-35-38-41-45-48-52-56-60-64-68-74(79)73(72-78)77-75(80)69-65-61-57-53-49-46-42-39-36-33-30-28-26-24-22-21-23-25-27-29-31-34-37-40-43-47-51-55-59-63-67-71-82-76(81)70-66-62-58-54-50-44-16-14-12-10-8-6-4-2/h8,10,14,16,73-74,78-79H,3-7,9,11-13,15,17-72H2,1-2H3,(H,77,80)/b10-8-,16-14-. The van der Waals surface area contributed by atoms with Gasteiger partial charge < -0.3 is 20.3 Å². The van der Waals surface area contributed by atoms with Crippen molar-refractivity contribution in [3.63, 3.8) is 0 Å². The summed E-state index contributed by atoms with van der Waals surface area (Å²) in [5.74, 6) is -0.0198. The molecule has 0 aromatic rings. The summed E-state index contributed by atoms with van der Waals surface area (Å²) in [6, 6.07) is -0.539. The highest BCUT2D eigenvalue weighted by Gasteiger charge is 2.20. The molecule has 486 valence electrons. The first-order valence-corrected chi connectivity index (χ1v) is 37.6. The van der Waals surface area contributed by atoms with Gasteiger partial charge >= 0.3 is 5.97 Å². The number of nitrogens with one attached hydrogen (secondary N) is 1. The molecular weight excluding hydrogens is 1010 g/mol. The molecule has 2 atom stereocenters. The maximum absolute atomic E-state index is 12.6. The van der Waals surface area contributed by atoms with Crippen LogP contribution in [-0.2, 0) is 14.3 Å². The maximum atomic E-state index is 12.6. The molecule has 6 nitrogen and oxygen atoms in total. The zero-order valence-corrected chi connectivity index (χ0v) is 55.8. The number of carbonyl (C=O) groups excluding carboxylic acids is 2. The van der Waals surface area contributed by atoms with Gasteiger partial charge in [0.2, 0.25) is 5.91 Å². The Balaban J connectivity index is 3.33. The Kier molecular flexibility index (Phi) is 70.4. The highest BCUT2D eigenvalue weighted by molar-refractivity contribution is 5.76. The van der Waals surface area contributed by atoms with Crippen LogP contribution in [0.15, 0.2) is 24.3 Å². The van der Waals surface area contributed by atoms with Crippen LogP contribution in [0.1, 0.15) is 425 Å². The molecule has 0 aliphatic heterocycles. The van der Waals surface area contributed by atoms with Gasteiger partial charge in [-0.05, 0) is 51.4 Å². The Hall–Kier alpha value is -1.66. The number of carbonyl (C=O) groups is 2.